The predicted molar refractivity (Wildman–Crippen MR) is 56.4 cm³/mol. The summed E-state index contributed by atoms with van der Waals surface area (Å²) in [6, 6.07) is 7.62. The molecule has 0 N–H and O–H groups in total. The normalized spacial score (nSPS) is 12.2. The lowest BCUT2D eigenvalue weighted by molar-refractivity contribution is -0.142. The molecule has 3 heteroatoms. The molecule has 1 rings (SSSR count). The highest BCUT2D eigenvalue weighted by Gasteiger charge is 2.17. The minimum absolute atomic E-state index is 0.234. The third-order valence-electron chi connectivity index (χ3n) is 2.22. The van der Waals surface area contributed by atoms with E-state index in [0.29, 0.717) is 5.88 Å². The standard InChI is InChI=1S/C11H13ClO2/c1-8(11(13)14-2)10-6-4-3-5-9(10)7-12/h3-6,8H,7H2,1-2H3. The van der Waals surface area contributed by atoms with Gasteiger partial charge in [-0.1, -0.05) is 24.3 Å². The summed E-state index contributed by atoms with van der Waals surface area (Å²) in [6.07, 6.45) is 0. The Morgan fingerprint density at radius 3 is 2.71 bits per heavy atom. The van der Waals surface area contributed by atoms with Crippen LogP contribution in [0.25, 0.3) is 0 Å². The van der Waals surface area contributed by atoms with E-state index in [2.05, 4.69) is 4.74 Å². The summed E-state index contributed by atoms with van der Waals surface area (Å²) < 4.78 is 4.68. The van der Waals surface area contributed by atoms with E-state index in [4.69, 9.17) is 11.6 Å². The van der Waals surface area contributed by atoms with Crippen LogP contribution < -0.4 is 0 Å². The molecule has 0 amide bonds. The van der Waals surface area contributed by atoms with E-state index < -0.39 is 0 Å². The molecule has 1 aromatic carbocycles. The average molecular weight is 213 g/mol. The molecular formula is C11H13ClO2. The van der Waals surface area contributed by atoms with Crippen molar-refractivity contribution in [2.75, 3.05) is 7.11 Å². The van der Waals surface area contributed by atoms with Gasteiger partial charge in [-0.05, 0) is 18.1 Å². The van der Waals surface area contributed by atoms with Crippen molar-refractivity contribution in [1.29, 1.82) is 0 Å². The Labute approximate surface area is 88.8 Å². The Balaban J connectivity index is 2.99. The van der Waals surface area contributed by atoms with Gasteiger partial charge in [0, 0.05) is 5.88 Å². The fourth-order valence-electron chi connectivity index (χ4n) is 1.38. The molecule has 2 nitrogen and oxygen atoms in total. The summed E-state index contributed by atoms with van der Waals surface area (Å²) >= 11 is 5.77. The van der Waals surface area contributed by atoms with Gasteiger partial charge in [-0.25, -0.2) is 0 Å². The first kappa shape index (κ1) is 11.1. The second-order valence-corrected chi connectivity index (χ2v) is 3.34. The van der Waals surface area contributed by atoms with Gasteiger partial charge >= 0.3 is 5.97 Å². The van der Waals surface area contributed by atoms with Gasteiger partial charge in [0.1, 0.15) is 0 Å². The minimum Gasteiger partial charge on any atom is -0.469 e. The smallest absolute Gasteiger partial charge is 0.312 e. The van der Waals surface area contributed by atoms with E-state index in [1.807, 2.05) is 31.2 Å². The van der Waals surface area contributed by atoms with Gasteiger partial charge in [-0.2, -0.15) is 0 Å². The number of benzene rings is 1. The maximum Gasteiger partial charge on any atom is 0.312 e. The van der Waals surface area contributed by atoms with Crippen LogP contribution in [0.5, 0.6) is 0 Å². The number of rotatable bonds is 3. The molecule has 0 fully saturated rings. The zero-order valence-corrected chi connectivity index (χ0v) is 9.04. The van der Waals surface area contributed by atoms with Crippen LogP contribution in [-0.4, -0.2) is 13.1 Å². The van der Waals surface area contributed by atoms with Crippen molar-refractivity contribution in [3.63, 3.8) is 0 Å². The Hall–Kier alpha value is -1.02. The number of carbonyl (C=O) groups is 1. The van der Waals surface area contributed by atoms with Crippen LogP contribution in [0.4, 0.5) is 0 Å². The fourth-order valence-corrected chi connectivity index (χ4v) is 1.63. The zero-order valence-electron chi connectivity index (χ0n) is 8.29. The number of ether oxygens (including phenoxy) is 1. The Kier molecular flexibility index (Phi) is 3.96. The van der Waals surface area contributed by atoms with Crippen LogP contribution in [0.1, 0.15) is 24.0 Å². The summed E-state index contributed by atoms with van der Waals surface area (Å²) in [5, 5.41) is 0. The van der Waals surface area contributed by atoms with Gasteiger partial charge in [0.25, 0.3) is 0 Å². The number of hydrogen-bond acceptors (Lipinski definition) is 2. The first-order chi connectivity index (χ1) is 6.70. The lowest BCUT2D eigenvalue weighted by Crippen LogP contribution is -2.12. The van der Waals surface area contributed by atoms with Crippen LogP contribution in [0.3, 0.4) is 0 Å². The van der Waals surface area contributed by atoms with E-state index in [-0.39, 0.29) is 11.9 Å². The summed E-state index contributed by atoms with van der Waals surface area (Å²) in [5.41, 5.74) is 1.92. The molecule has 0 radical (unpaired) electrons. The number of halogens is 1. The lowest BCUT2D eigenvalue weighted by atomic mass is 9.97. The highest BCUT2D eigenvalue weighted by Crippen LogP contribution is 2.22. The summed E-state index contributed by atoms with van der Waals surface area (Å²) in [5.74, 6) is -0.0742. The van der Waals surface area contributed by atoms with E-state index >= 15 is 0 Å². The van der Waals surface area contributed by atoms with Crippen LogP contribution >= 0.6 is 11.6 Å². The number of esters is 1. The molecule has 1 aromatic rings. The number of methoxy groups -OCH3 is 1. The largest absolute Gasteiger partial charge is 0.469 e. The average Bonchev–Trinajstić information content (AvgIpc) is 2.26. The van der Waals surface area contributed by atoms with E-state index in [1.165, 1.54) is 7.11 Å². The number of alkyl halides is 1. The van der Waals surface area contributed by atoms with Gasteiger partial charge in [0.05, 0.1) is 13.0 Å². The monoisotopic (exact) mass is 212 g/mol. The molecule has 0 aliphatic carbocycles. The van der Waals surface area contributed by atoms with Crippen molar-refractivity contribution >= 4 is 17.6 Å². The SMILES string of the molecule is COC(=O)C(C)c1ccccc1CCl. The summed E-state index contributed by atoms with van der Waals surface area (Å²) in [7, 11) is 1.39. The topological polar surface area (TPSA) is 26.3 Å². The maximum absolute atomic E-state index is 11.3. The second-order valence-electron chi connectivity index (χ2n) is 3.08. The van der Waals surface area contributed by atoms with Crippen molar-refractivity contribution < 1.29 is 9.53 Å². The van der Waals surface area contributed by atoms with Gasteiger partial charge in [0.2, 0.25) is 0 Å². The highest BCUT2D eigenvalue weighted by atomic mass is 35.5. The number of carbonyl (C=O) groups excluding carboxylic acids is 1. The number of hydrogen-bond donors (Lipinski definition) is 0. The first-order valence-corrected chi connectivity index (χ1v) is 4.95. The Morgan fingerprint density at radius 1 is 1.50 bits per heavy atom. The van der Waals surface area contributed by atoms with Crippen LogP contribution in [0.2, 0.25) is 0 Å². The van der Waals surface area contributed by atoms with Gasteiger partial charge in [0.15, 0.2) is 0 Å². The summed E-state index contributed by atoms with van der Waals surface area (Å²) in [4.78, 5) is 11.3. The quantitative estimate of drug-likeness (QED) is 0.569. The second kappa shape index (κ2) is 5.01. The minimum atomic E-state index is -0.255. The van der Waals surface area contributed by atoms with E-state index in [0.717, 1.165) is 11.1 Å². The molecule has 0 aromatic heterocycles. The molecule has 76 valence electrons. The molecule has 1 atom stereocenters. The van der Waals surface area contributed by atoms with Crippen molar-refractivity contribution in [2.45, 2.75) is 18.7 Å². The highest BCUT2D eigenvalue weighted by molar-refractivity contribution is 6.17. The van der Waals surface area contributed by atoms with Crippen molar-refractivity contribution in [3.8, 4) is 0 Å². The molecule has 0 aliphatic heterocycles. The molecule has 0 aliphatic rings. The molecule has 0 heterocycles. The predicted octanol–water partition coefficient (Wildman–Crippen LogP) is 2.70. The van der Waals surface area contributed by atoms with Crippen LogP contribution in [0.15, 0.2) is 24.3 Å². The van der Waals surface area contributed by atoms with Crippen molar-refractivity contribution in [1.82, 2.24) is 0 Å². The molecular weight excluding hydrogens is 200 g/mol. The zero-order chi connectivity index (χ0) is 10.6. The first-order valence-electron chi connectivity index (χ1n) is 4.42. The van der Waals surface area contributed by atoms with Crippen LogP contribution in [-0.2, 0) is 15.4 Å². The van der Waals surface area contributed by atoms with Gasteiger partial charge in [-0.15, -0.1) is 11.6 Å². The van der Waals surface area contributed by atoms with Crippen molar-refractivity contribution in [3.05, 3.63) is 35.4 Å². The molecule has 0 saturated heterocycles. The molecule has 1 unspecified atom stereocenters. The Morgan fingerprint density at radius 2 is 2.14 bits per heavy atom. The third kappa shape index (κ3) is 2.26. The third-order valence-corrected chi connectivity index (χ3v) is 2.51. The Bertz CT molecular complexity index is 323. The van der Waals surface area contributed by atoms with E-state index in [9.17, 15) is 4.79 Å². The van der Waals surface area contributed by atoms with Crippen LogP contribution in [0, 0.1) is 0 Å². The summed E-state index contributed by atoms with van der Waals surface area (Å²) in [6.45, 7) is 1.82. The maximum atomic E-state index is 11.3. The van der Waals surface area contributed by atoms with Crippen molar-refractivity contribution in [2.24, 2.45) is 0 Å². The molecule has 14 heavy (non-hydrogen) atoms. The molecule has 0 spiro atoms. The lowest BCUT2D eigenvalue weighted by Gasteiger charge is -2.12. The van der Waals surface area contributed by atoms with Gasteiger partial charge in [-0.3, -0.25) is 4.79 Å². The molecule has 0 saturated carbocycles. The van der Waals surface area contributed by atoms with E-state index in [1.54, 1.807) is 0 Å². The fraction of sp³-hybridized carbons (Fsp3) is 0.364. The molecule has 0 bridgehead atoms. The van der Waals surface area contributed by atoms with Gasteiger partial charge < -0.3 is 4.74 Å².